The molecule has 4 nitrogen and oxygen atoms in total. The van der Waals surface area contributed by atoms with Crippen LogP contribution in [0.4, 0.5) is 0 Å². The molecule has 0 heterocycles. The smallest absolute Gasteiger partial charge is 0.312 e. The van der Waals surface area contributed by atoms with E-state index < -0.39 is 11.4 Å². The first kappa shape index (κ1) is 8.95. The first-order valence-corrected chi connectivity index (χ1v) is 6.42. The molecular weight excluding hydrogens is 220 g/mol. The van der Waals surface area contributed by atoms with Gasteiger partial charge in [-0.25, -0.2) is 0 Å². The van der Waals surface area contributed by atoms with Crippen LogP contribution in [0.2, 0.25) is 0 Å². The van der Waals surface area contributed by atoms with Crippen molar-refractivity contribution in [2.45, 2.75) is 12.8 Å². The third-order valence-electron chi connectivity index (χ3n) is 6.97. The summed E-state index contributed by atoms with van der Waals surface area (Å²) in [6.07, 6.45) is 1.68. The van der Waals surface area contributed by atoms with Gasteiger partial charge in [-0.15, -0.1) is 0 Å². The third-order valence-corrected chi connectivity index (χ3v) is 6.97. The number of carbonyl (C=O) groups is 2. The highest BCUT2D eigenvalue weighted by Crippen LogP contribution is 2.97. The molecule has 0 saturated heterocycles. The summed E-state index contributed by atoms with van der Waals surface area (Å²) in [5.41, 5.74) is -0.691. The average Bonchev–Trinajstić information content (AvgIpc) is 2.93. The van der Waals surface area contributed by atoms with Gasteiger partial charge in [0.15, 0.2) is 0 Å². The van der Waals surface area contributed by atoms with Crippen LogP contribution in [0.25, 0.3) is 0 Å². The number of rotatable bonds is 2. The van der Waals surface area contributed by atoms with Crippen LogP contribution < -0.4 is 0 Å². The monoisotopic (exact) mass is 234 g/mol. The van der Waals surface area contributed by atoms with Crippen LogP contribution in [-0.4, -0.2) is 24.2 Å². The molecule has 5 aliphatic rings. The lowest BCUT2D eigenvalue weighted by Crippen LogP contribution is -2.79. The topological polar surface area (TPSA) is 63.6 Å². The van der Waals surface area contributed by atoms with Crippen molar-refractivity contribution in [3.8, 4) is 0 Å². The molecule has 8 unspecified atom stereocenters. The minimum Gasteiger partial charge on any atom is -0.481 e. The molecule has 0 radical (unpaired) electrons. The lowest BCUT2D eigenvalue weighted by Gasteiger charge is -2.76. The fourth-order valence-electron chi connectivity index (χ4n) is 6.69. The van der Waals surface area contributed by atoms with E-state index in [0.29, 0.717) is 29.6 Å². The van der Waals surface area contributed by atoms with Gasteiger partial charge in [0.1, 0.15) is 0 Å². The fraction of sp³-hybridized carbons (Fsp3) is 0.846. The number of carboxylic acid groups (broad SMARTS) is 1. The number of carbonyl (C=O) groups excluding carboxylic acids is 1. The standard InChI is InChI=1S/C13H14O4/c1-17-11(16)12-2-4-6-7(4)13(10(14)15)5(3-12)8(12)9(6)13/h4-9H,2-3H2,1H3,(H,14,15). The molecule has 0 spiro atoms. The highest BCUT2D eigenvalue weighted by Gasteiger charge is 2.98. The van der Waals surface area contributed by atoms with Gasteiger partial charge in [0.2, 0.25) is 0 Å². The largest absolute Gasteiger partial charge is 0.481 e. The van der Waals surface area contributed by atoms with Crippen molar-refractivity contribution in [3.05, 3.63) is 0 Å². The number of hydrogen-bond acceptors (Lipinski definition) is 3. The van der Waals surface area contributed by atoms with Crippen LogP contribution in [0.3, 0.4) is 0 Å². The van der Waals surface area contributed by atoms with E-state index in [1.54, 1.807) is 0 Å². The summed E-state index contributed by atoms with van der Waals surface area (Å²) in [4.78, 5) is 23.6. The summed E-state index contributed by atoms with van der Waals surface area (Å²) in [7, 11) is 1.46. The Bertz CT molecular complexity index is 500. The molecule has 90 valence electrons. The number of hydrogen-bond donors (Lipinski definition) is 1. The summed E-state index contributed by atoms with van der Waals surface area (Å²) in [5.74, 6) is 1.82. The summed E-state index contributed by atoms with van der Waals surface area (Å²) in [6.45, 7) is 0. The van der Waals surface area contributed by atoms with E-state index in [0.717, 1.165) is 12.8 Å². The van der Waals surface area contributed by atoms with Gasteiger partial charge in [-0.2, -0.15) is 0 Å². The zero-order valence-corrected chi connectivity index (χ0v) is 9.55. The van der Waals surface area contributed by atoms with Crippen molar-refractivity contribution in [1.29, 1.82) is 0 Å². The molecule has 5 fully saturated rings. The molecule has 0 aromatic rings. The molecule has 1 N–H and O–H groups in total. The Hall–Kier alpha value is -1.06. The van der Waals surface area contributed by atoms with Gasteiger partial charge in [-0.05, 0) is 48.3 Å². The Morgan fingerprint density at radius 2 is 2.00 bits per heavy atom. The molecule has 8 atom stereocenters. The van der Waals surface area contributed by atoms with Crippen molar-refractivity contribution < 1.29 is 19.4 Å². The van der Waals surface area contributed by atoms with Crippen molar-refractivity contribution >= 4 is 11.9 Å². The highest BCUT2D eigenvalue weighted by atomic mass is 16.5. The van der Waals surface area contributed by atoms with Crippen molar-refractivity contribution in [2.24, 2.45) is 46.3 Å². The second kappa shape index (κ2) is 2.02. The Morgan fingerprint density at radius 1 is 1.24 bits per heavy atom. The first-order valence-electron chi connectivity index (χ1n) is 6.42. The van der Waals surface area contributed by atoms with E-state index >= 15 is 0 Å². The quantitative estimate of drug-likeness (QED) is 0.716. The molecule has 5 rings (SSSR count). The highest BCUT2D eigenvalue weighted by molar-refractivity contribution is 5.88. The summed E-state index contributed by atoms with van der Waals surface area (Å²) < 4.78 is 4.97. The molecular formula is C13H14O4. The van der Waals surface area contributed by atoms with E-state index in [9.17, 15) is 14.7 Å². The average molecular weight is 234 g/mol. The maximum Gasteiger partial charge on any atom is 0.312 e. The predicted octanol–water partition coefficient (Wildman–Crippen LogP) is 0.762. The number of carboxylic acids is 1. The first-order chi connectivity index (χ1) is 8.10. The molecule has 5 aliphatic carbocycles. The zero-order valence-electron chi connectivity index (χ0n) is 9.55. The number of fused-ring (bicyclic) bond motifs is 3. The molecule has 17 heavy (non-hydrogen) atoms. The van der Waals surface area contributed by atoms with E-state index in [4.69, 9.17) is 4.74 Å². The fourth-order valence-corrected chi connectivity index (χ4v) is 6.69. The molecule has 0 aliphatic heterocycles. The lowest BCUT2D eigenvalue weighted by atomic mass is 9.24. The van der Waals surface area contributed by atoms with E-state index in [-0.39, 0.29) is 17.3 Å². The minimum atomic E-state index is -0.590. The molecule has 0 amide bonds. The van der Waals surface area contributed by atoms with Gasteiger partial charge in [-0.3, -0.25) is 9.59 Å². The maximum absolute atomic E-state index is 12.0. The second-order valence-corrected chi connectivity index (χ2v) is 6.72. The van der Waals surface area contributed by atoms with Gasteiger partial charge in [0, 0.05) is 0 Å². The molecule has 5 saturated carbocycles. The third kappa shape index (κ3) is 0.526. The van der Waals surface area contributed by atoms with E-state index in [1.165, 1.54) is 7.11 Å². The van der Waals surface area contributed by atoms with Crippen LogP contribution in [0, 0.1) is 46.3 Å². The van der Waals surface area contributed by atoms with E-state index in [2.05, 4.69) is 0 Å². The maximum atomic E-state index is 12.0. The Labute approximate surface area is 98.3 Å². The number of esters is 1. The molecule has 4 heteroatoms. The minimum absolute atomic E-state index is 0.0752. The summed E-state index contributed by atoms with van der Waals surface area (Å²) in [5, 5.41) is 9.53. The van der Waals surface area contributed by atoms with Gasteiger partial charge < -0.3 is 9.84 Å². The Morgan fingerprint density at radius 3 is 2.65 bits per heavy atom. The number of methoxy groups -OCH3 is 1. The van der Waals surface area contributed by atoms with Gasteiger partial charge >= 0.3 is 11.9 Å². The Balaban J connectivity index is 1.62. The van der Waals surface area contributed by atoms with Gasteiger partial charge in [-0.1, -0.05) is 0 Å². The van der Waals surface area contributed by atoms with Crippen LogP contribution in [-0.2, 0) is 14.3 Å². The zero-order chi connectivity index (χ0) is 11.7. The van der Waals surface area contributed by atoms with Crippen LogP contribution in [0.1, 0.15) is 12.8 Å². The second-order valence-electron chi connectivity index (χ2n) is 6.72. The normalized spacial score (nSPS) is 66.6. The van der Waals surface area contributed by atoms with Crippen LogP contribution >= 0.6 is 0 Å². The van der Waals surface area contributed by atoms with Crippen LogP contribution in [0.15, 0.2) is 0 Å². The van der Waals surface area contributed by atoms with Gasteiger partial charge in [0.05, 0.1) is 17.9 Å². The molecule has 0 aromatic carbocycles. The van der Waals surface area contributed by atoms with Crippen molar-refractivity contribution in [1.82, 2.24) is 0 Å². The SMILES string of the molecule is COC(=O)C12CC3C4C3C3(C(=O)O)C(C1)C2C43. The predicted molar refractivity (Wildman–Crippen MR) is 54.7 cm³/mol. The number of ether oxygens (including phenoxy) is 1. The van der Waals surface area contributed by atoms with Gasteiger partial charge in [0.25, 0.3) is 0 Å². The molecule has 0 bridgehead atoms. The summed E-state index contributed by atoms with van der Waals surface area (Å²) in [6, 6.07) is 0. The van der Waals surface area contributed by atoms with Crippen molar-refractivity contribution in [2.75, 3.05) is 7.11 Å². The molecule has 0 aromatic heterocycles. The number of aliphatic carboxylic acids is 1. The van der Waals surface area contributed by atoms with E-state index in [1.807, 2.05) is 0 Å². The van der Waals surface area contributed by atoms with Crippen LogP contribution in [0.5, 0.6) is 0 Å². The Kier molecular flexibility index (Phi) is 1.06. The summed E-state index contributed by atoms with van der Waals surface area (Å²) >= 11 is 0. The lowest BCUT2D eigenvalue weighted by molar-refractivity contribution is -0.314. The van der Waals surface area contributed by atoms with Crippen molar-refractivity contribution in [3.63, 3.8) is 0 Å².